The topological polar surface area (TPSA) is 56.5 Å². The van der Waals surface area contributed by atoms with E-state index < -0.39 is 0 Å². The monoisotopic (exact) mass is 260 g/mol. The molecule has 0 radical (unpaired) electrons. The van der Waals surface area contributed by atoms with Crippen molar-refractivity contribution in [3.05, 3.63) is 40.8 Å². The van der Waals surface area contributed by atoms with Crippen molar-refractivity contribution in [1.82, 2.24) is 10.5 Å². The Morgan fingerprint density at radius 2 is 2.11 bits per heavy atom. The lowest BCUT2D eigenvalue weighted by Gasteiger charge is -2.07. The highest BCUT2D eigenvalue weighted by Gasteiger charge is 2.17. The van der Waals surface area contributed by atoms with E-state index in [1.54, 1.807) is 0 Å². The lowest BCUT2D eigenvalue weighted by Crippen LogP contribution is -2.14. The second-order valence-corrected chi connectivity index (χ2v) is 4.56. The molecule has 5 heteroatoms. The van der Waals surface area contributed by atoms with Gasteiger partial charge in [-0.25, -0.2) is 0 Å². The summed E-state index contributed by atoms with van der Waals surface area (Å²) in [5.41, 5.74) is 3.15. The molecule has 2 aromatic rings. The molecule has 1 aromatic carbocycles. The van der Waals surface area contributed by atoms with Crippen LogP contribution in [-0.2, 0) is 13.1 Å². The zero-order valence-electron chi connectivity index (χ0n) is 11.0. The molecule has 19 heavy (non-hydrogen) atoms. The highest BCUT2D eigenvalue weighted by atomic mass is 16.7. The number of hydrogen-bond donors (Lipinski definition) is 1. The minimum atomic E-state index is 0.302. The Kier molecular flexibility index (Phi) is 3.13. The Bertz CT molecular complexity index is 573. The summed E-state index contributed by atoms with van der Waals surface area (Å²) in [5.74, 6) is 2.52. The highest BCUT2D eigenvalue weighted by Crippen LogP contribution is 2.35. The fraction of sp³-hybridized carbons (Fsp3) is 0.357. The van der Waals surface area contributed by atoms with Gasteiger partial charge >= 0.3 is 0 Å². The highest BCUT2D eigenvalue weighted by molar-refractivity contribution is 5.48. The third-order valence-corrected chi connectivity index (χ3v) is 3.28. The third kappa shape index (κ3) is 2.29. The van der Waals surface area contributed by atoms with Crippen molar-refractivity contribution in [3.63, 3.8) is 0 Å². The second kappa shape index (κ2) is 4.93. The minimum absolute atomic E-state index is 0.302. The molecular weight excluding hydrogens is 244 g/mol. The van der Waals surface area contributed by atoms with E-state index in [-0.39, 0.29) is 0 Å². The fourth-order valence-electron chi connectivity index (χ4n) is 2.21. The normalized spacial score (nSPS) is 12.9. The van der Waals surface area contributed by atoms with Crippen LogP contribution in [0.3, 0.4) is 0 Å². The third-order valence-electron chi connectivity index (χ3n) is 3.28. The van der Waals surface area contributed by atoms with Crippen LogP contribution in [0.5, 0.6) is 11.5 Å². The predicted octanol–water partition coefficient (Wildman–Crippen LogP) is 2.31. The molecule has 5 nitrogen and oxygen atoms in total. The maximum Gasteiger partial charge on any atom is 0.231 e. The number of para-hydroxylation sites is 1. The summed E-state index contributed by atoms with van der Waals surface area (Å²) in [6.45, 7) is 5.62. The summed E-state index contributed by atoms with van der Waals surface area (Å²) in [6, 6.07) is 5.93. The zero-order chi connectivity index (χ0) is 13.2. The van der Waals surface area contributed by atoms with E-state index in [1.807, 2.05) is 32.0 Å². The molecule has 0 atom stereocenters. The number of aromatic nitrogens is 1. The molecule has 1 aromatic heterocycles. The largest absolute Gasteiger partial charge is 0.454 e. The van der Waals surface area contributed by atoms with Crippen LogP contribution in [0, 0.1) is 13.8 Å². The molecule has 1 aliphatic rings. The van der Waals surface area contributed by atoms with Crippen LogP contribution in [0.25, 0.3) is 0 Å². The van der Waals surface area contributed by atoms with E-state index in [1.165, 1.54) is 0 Å². The lowest BCUT2D eigenvalue weighted by molar-refractivity contribution is 0.173. The summed E-state index contributed by atoms with van der Waals surface area (Å²) < 4.78 is 16.0. The number of ether oxygens (including phenoxy) is 2. The van der Waals surface area contributed by atoms with Gasteiger partial charge in [0, 0.05) is 24.2 Å². The van der Waals surface area contributed by atoms with Gasteiger partial charge in [-0.3, -0.25) is 0 Å². The number of rotatable bonds is 4. The van der Waals surface area contributed by atoms with Gasteiger partial charge in [0.1, 0.15) is 5.76 Å². The van der Waals surface area contributed by atoms with Crippen LogP contribution in [0.4, 0.5) is 0 Å². The molecule has 0 aliphatic carbocycles. The summed E-state index contributed by atoms with van der Waals surface area (Å²) in [4.78, 5) is 0. The van der Waals surface area contributed by atoms with Gasteiger partial charge in [-0.2, -0.15) is 0 Å². The van der Waals surface area contributed by atoms with Gasteiger partial charge in [0.25, 0.3) is 0 Å². The summed E-state index contributed by atoms with van der Waals surface area (Å²) in [5, 5.41) is 7.32. The van der Waals surface area contributed by atoms with Gasteiger partial charge in [0.15, 0.2) is 11.5 Å². The van der Waals surface area contributed by atoms with Crippen molar-refractivity contribution in [2.75, 3.05) is 6.79 Å². The fourth-order valence-corrected chi connectivity index (χ4v) is 2.21. The molecule has 0 spiro atoms. The van der Waals surface area contributed by atoms with Crippen molar-refractivity contribution in [2.45, 2.75) is 26.9 Å². The Morgan fingerprint density at radius 1 is 1.21 bits per heavy atom. The number of benzene rings is 1. The van der Waals surface area contributed by atoms with Crippen molar-refractivity contribution < 1.29 is 14.0 Å². The number of fused-ring (bicyclic) bond motifs is 1. The zero-order valence-corrected chi connectivity index (χ0v) is 11.0. The molecule has 0 bridgehead atoms. The molecule has 3 rings (SSSR count). The Labute approximate surface area is 111 Å². The van der Waals surface area contributed by atoms with Gasteiger partial charge in [0.2, 0.25) is 6.79 Å². The maximum absolute atomic E-state index is 5.47. The van der Waals surface area contributed by atoms with Crippen molar-refractivity contribution in [2.24, 2.45) is 0 Å². The first-order valence-electron chi connectivity index (χ1n) is 6.25. The summed E-state index contributed by atoms with van der Waals surface area (Å²) in [6.07, 6.45) is 0. The number of nitrogens with zero attached hydrogens (tertiary/aromatic N) is 1. The maximum atomic E-state index is 5.47. The number of aryl methyl sites for hydroxylation is 2. The predicted molar refractivity (Wildman–Crippen MR) is 69.1 cm³/mol. The molecular formula is C14H16N2O3. The molecule has 0 amide bonds. The quantitative estimate of drug-likeness (QED) is 0.914. The van der Waals surface area contributed by atoms with Crippen LogP contribution in [0.2, 0.25) is 0 Å². The van der Waals surface area contributed by atoms with Crippen LogP contribution >= 0.6 is 0 Å². The van der Waals surface area contributed by atoms with Gasteiger partial charge in [-0.05, 0) is 19.9 Å². The van der Waals surface area contributed by atoms with E-state index in [9.17, 15) is 0 Å². The van der Waals surface area contributed by atoms with E-state index in [2.05, 4.69) is 10.5 Å². The van der Waals surface area contributed by atoms with E-state index >= 15 is 0 Å². The Hall–Kier alpha value is -2.01. The Morgan fingerprint density at radius 3 is 2.89 bits per heavy atom. The van der Waals surface area contributed by atoms with Gasteiger partial charge in [-0.15, -0.1) is 0 Å². The van der Waals surface area contributed by atoms with E-state index in [0.717, 1.165) is 47.2 Å². The van der Waals surface area contributed by atoms with Crippen LogP contribution in [0.1, 0.15) is 22.6 Å². The van der Waals surface area contributed by atoms with E-state index in [0.29, 0.717) is 6.79 Å². The molecule has 2 heterocycles. The molecule has 0 saturated carbocycles. The van der Waals surface area contributed by atoms with Crippen molar-refractivity contribution in [3.8, 4) is 11.5 Å². The minimum Gasteiger partial charge on any atom is -0.454 e. The first-order chi connectivity index (χ1) is 9.25. The summed E-state index contributed by atoms with van der Waals surface area (Å²) in [7, 11) is 0. The summed E-state index contributed by atoms with van der Waals surface area (Å²) >= 11 is 0. The smallest absolute Gasteiger partial charge is 0.231 e. The van der Waals surface area contributed by atoms with Gasteiger partial charge < -0.3 is 19.3 Å². The lowest BCUT2D eigenvalue weighted by atomic mass is 10.1. The molecule has 0 unspecified atom stereocenters. The average molecular weight is 260 g/mol. The average Bonchev–Trinajstić information content (AvgIpc) is 3.00. The molecule has 0 fully saturated rings. The first-order valence-corrected chi connectivity index (χ1v) is 6.25. The molecule has 0 saturated heterocycles. The van der Waals surface area contributed by atoms with Gasteiger partial charge in [0.05, 0.1) is 5.69 Å². The van der Waals surface area contributed by atoms with Crippen molar-refractivity contribution >= 4 is 0 Å². The SMILES string of the molecule is Cc1noc(C)c1CNCc1cccc2c1OCO2. The van der Waals surface area contributed by atoms with Crippen molar-refractivity contribution in [1.29, 1.82) is 0 Å². The van der Waals surface area contributed by atoms with Crippen LogP contribution < -0.4 is 14.8 Å². The first kappa shape index (κ1) is 12.0. The Balaban J connectivity index is 1.66. The van der Waals surface area contributed by atoms with Crippen LogP contribution in [-0.4, -0.2) is 11.9 Å². The number of nitrogens with one attached hydrogen (secondary N) is 1. The van der Waals surface area contributed by atoms with E-state index in [4.69, 9.17) is 14.0 Å². The molecule has 1 aliphatic heterocycles. The van der Waals surface area contributed by atoms with Gasteiger partial charge in [-0.1, -0.05) is 17.3 Å². The van der Waals surface area contributed by atoms with Crippen LogP contribution in [0.15, 0.2) is 22.7 Å². The molecule has 1 N–H and O–H groups in total. The second-order valence-electron chi connectivity index (χ2n) is 4.56. The standard InChI is InChI=1S/C14H16N2O3/c1-9-12(10(2)19-16-9)7-15-6-11-4-3-5-13-14(11)18-8-17-13/h3-5,15H,6-8H2,1-2H3. The molecule has 100 valence electrons. The number of hydrogen-bond acceptors (Lipinski definition) is 5.